The van der Waals surface area contributed by atoms with E-state index >= 15 is 0 Å². The van der Waals surface area contributed by atoms with Crippen LogP contribution in [0.2, 0.25) is 0 Å². The summed E-state index contributed by atoms with van der Waals surface area (Å²) in [7, 11) is 0. The summed E-state index contributed by atoms with van der Waals surface area (Å²) >= 11 is 0. The molecule has 0 aliphatic rings. The molecule has 3 N–H and O–H groups in total. The van der Waals surface area contributed by atoms with Crippen LogP contribution in [0.3, 0.4) is 0 Å². The number of carboxylic acid groups (broad SMARTS) is 3. The molecule has 0 fully saturated rings. The van der Waals surface area contributed by atoms with E-state index in [1.807, 2.05) is 50.2 Å². The smallest absolute Gasteiger partial charge is 0.335 e. The summed E-state index contributed by atoms with van der Waals surface area (Å²) in [6.45, 7) is 17.1. The molecule has 7 heteroatoms. The Morgan fingerprint density at radius 2 is 0.579 bits per heavy atom. The van der Waals surface area contributed by atoms with Crippen LogP contribution < -0.4 is 16.4 Å². The Balaban J connectivity index is 0.00000305. The van der Waals surface area contributed by atoms with Crippen molar-refractivity contribution >= 4 is 41.0 Å². The lowest BCUT2D eigenvalue weighted by atomic mass is 9.34. The highest BCUT2D eigenvalue weighted by molar-refractivity contribution is 6.96. The number of rotatable bonds is 12. The molecule has 0 saturated carbocycles. The number of hydrogen-bond acceptors (Lipinski definition) is 3. The van der Waals surface area contributed by atoms with Gasteiger partial charge in [-0.1, -0.05) is 163 Å². The second kappa shape index (κ2) is 18.2. The van der Waals surface area contributed by atoms with Gasteiger partial charge in [-0.25, -0.2) is 14.4 Å². The Morgan fingerprint density at radius 1 is 0.368 bits per heavy atom. The fraction of sp³-hybridized carbons (Fsp3) is 0.220. The third-order valence-corrected chi connectivity index (χ3v) is 10.5. The Kier molecular flexibility index (Phi) is 13.4. The third-order valence-electron chi connectivity index (χ3n) is 10.5. The van der Waals surface area contributed by atoms with Crippen LogP contribution >= 0.6 is 0 Å². The largest absolute Gasteiger partial charge is 0.478 e. The molecule has 0 radical (unpaired) electrons. The van der Waals surface area contributed by atoms with E-state index in [4.69, 9.17) is 0 Å². The number of carboxylic acids is 3. The van der Waals surface area contributed by atoms with E-state index in [0.29, 0.717) is 0 Å². The predicted octanol–water partition coefficient (Wildman–Crippen LogP) is 10.7. The Bertz CT molecular complexity index is 2100. The third kappa shape index (κ3) is 9.27. The minimum Gasteiger partial charge on any atom is -0.478 e. The highest BCUT2D eigenvalue weighted by atomic mass is 16.4. The first-order chi connectivity index (χ1) is 27.2. The highest BCUT2D eigenvalue weighted by Crippen LogP contribution is 2.29. The number of hydrogen-bond donors (Lipinski definition) is 3. The van der Waals surface area contributed by atoms with Gasteiger partial charge in [-0.3, -0.25) is 0 Å². The van der Waals surface area contributed by atoms with Gasteiger partial charge in [-0.2, -0.15) is 0 Å². The van der Waals surface area contributed by atoms with Gasteiger partial charge in [0.05, 0.1) is 16.7 Å². The van der Waals surface area contributed by atoms with Crippen LogP contribution in [0.5, 0.6) is 0 Å². The SMILES string of the molecule is CC.CC(C)c1cc(-c2ccc(C(=O)O)cc2)ccc1B(c1ccc(-c2ccc(C(=O)O)cc2)cc1C(C)C)c1ccc(-c2ccc(C(=O)O)cc2)cc1C(C)C. The molecule has 0 saturated heterocycles. The molecule has 0 aliphatic heterocycles. The Hall–Kier alpha value is -6.21. The first-order valence-electron chi connectivity index (χ1n) is 19.7. The lowest BCUT2D eigenvalue weighted by Crippen LogP contribution is -2.56. The molecule has 0 amide bonds. The van der Waals surface area contributed by atoms with Crippen LogP contribution in [-0.2, 0) is 0 Å². The second-order valence-electron chi connectivity index (χ2n) is 15.1. The van der Waals surface area contributed by atoms with Gasteiger partial charge in [-0.15, -0.1) is 0 Å². The Labute approximate surface area is 337 Å². The van der Waals surface area contributed by atoms with E-state index in [1.54, 1.807) is 36.4 Å². The molecular formula is C50H51BO6. The van der Waals surface area contributed by atoms with Gasteiger partial charge in [0, 0.05) is 0 Å². The average molecular weight is 759 g/mol. The summed E-state index contributed by atoms with van der Waals surface area (Å²) in [5, 5.41) is 28.4. The molecule has 0 heterocycles. The van der Waals surface area contributed by atoms with Crippen LogP contribution in [0.4, 0.5) is 0 Å². The van der Waals surface area contributed by atoms with Crippen molar-refractivity contribution in [3.05, 3.63) is 161 Å². The van der Waals surface area contributed by atoms with Gasteiger partial charge in [-0.05, 0) is 104 Å². The number of benzene rings is 6. The fourth-order valence-electron chi connectivity index (χ4n) is 7.47. The van der Waals surface area contributed by atoms with Crippen molar-refractivity contribution in [1.82, 2.24) is 0 Å². The lowest BCUT2D eigenvalue weighted by Gasteiger charge is -2.28. The van der Waals surface area contributed by atoms with E-state index < -0.39 is 17.9 Å². The van der Waals surface area contributed by atoms with E-state index in [-0.39, 0.29) is 41.2 Å². The van der Waals surface area contributed by atoms with Crippen molar-refractivity contribution in [2.75, 3.05) is 0 Å². The van der Waals surface area contributed by atoms with Gasteiger partial charge in [0.25, 0.3) is 0 Å². The maximum atomic E-state index is 11.6. The molecule has 0 aliphatic carbocycles. The normalized spacial score (nSPS) is 11.0. The molecule has 6 aromatic carbocycles. The standard InChI is InChI=1S/C48H45BO6.C2H6/c1-28(2)40-25-37(31-7-13-34(14-8-31)46(50)51)19-22-43(40)49(44-23-20-38(26-41(44)29(3)4)32-9-15-35(16-10-32)47(52)53)45-24-21-39(27-42(45)30(5)6)33-11-17-36(18-12-33)48(54)55;1-2/h7-30H,1-6H3,(H,50,51)(H,52,53)(H,54,55);1-2H3. The van der Waals surface area contributed by atoms with Crippen molar-refractivity contribution in [3.8, 4) is 33.4 Å². The molecule has 290 valence electrons. The van der Waals surface area contributed by atoms with Crippen molar-refractivity contribution in [3.63, 3.8) is 0 Å². The zero-order valence-electron chi connectivity index (χ0n) is 34.0. The van der Waals surface area contributed by atoms with Crippen LogP contribution in [0.25, 0.3) is 33.4 Å². The zero-order valence-corrected chi connectivity index (χ0v) is 34.0. The van der Waals surface area contributed by atoms with E-state index in [2.05, 4.69) is 96.1 Å². The van der Waals surface area contributed by atoms with Crippen LogP contribution in [0.15, 0.2) is 127 Å². The first-order valence-corrected chi connectivity index (χ1v) is 19.7. The quantitative estimate of drug-likeness (QED) is 0.107. The molecule has 0 aromatic heterocycles. The average Bonchev–Trinajstić information content (AvgIpc) is 3.21. The molecule has 0 spiro atoms. The van der Waals surface area contributed by atoms with Gasteiger partial charge in [0.1, 0.15) is 0 Å². The van der Waals surface area contributed by atoms with Gasteiger partial charge in [0.2, 0.25) is 6.71 Å². The number of carbonyl (C=O) groups is 3. The molecule has 0 atom stereocenters. The molecule has 0 unspecified atom stereocenters. The maximum Gasteiger partial charge on any atom is 0.335 e. The summed E-state index contributed by atoms with van der Waals surface area (Å²) in [5.41, 5.74) is 13.7. The van der Waals surface area contributed by atoms with E-state index in [9.17, 15) is 29.7 Å². The minimum atomic E-state index is -0.957. The zero-order chi connectivity index (χ0) is 41.6. The molecule has 6 aromatic rings. The summed E-state index contributed by atoms with van der Waals surface area (Å²) in [4.78, 5) is 34.7. The highest BCUT2D eigenvalue weighted by Gasteiger charge is 2.31. The summed E-state index contributed by atoms with van der Waals surface area (Å²) in [6.07, 6.45) is 0. The van der Waals surface area contributed by atoms with Crippen molar-refractivity contribution in [2.45, 2.75) is 73.1 Å². The van der Waals surface area contributed by atoms with Crippen LogP contribution in [0.1, 0.15) is 121 Å². The molecule has 6 nitrogen and oxygen atoms in total. The maximum absolute atomic E-state index is 11.6. The lowest BCUT2D eigenvalue weighted by molar-refractivity contribution is 0.0686. The molecule has 0 bridgehead atoms. The first kappa shape index (κ1) is 41.9. The van der Waals surface area contributed by atoms with Crippen molar-refractivity contribution in [2.24, 2.45) is 0 Å². The molecule has 6 rings (SSSR count). The predicted molar refractivity (Wildman–Crippen MR) is 235 cm³/mol. The number of aromatic carboxylic acids is 3. The van der Waals surface area contributed by atoms with Gasteiger partial charge < -0.3 is 15.3 Å². The monoisotopic (exact) mass is 758 g/mol. The minimum absolute atomic E-state index is 0.150. The van der Waals surface area contributed by atoms with Crippen molar-refractivity contribution in [1.29, 1.82) is 0 Å². The van der Waals surface area contributed by atoms with Crippen LogP contribution in [0, 0.1) is 0 Å². The summed E-state index contributed by atoms with van der Waals surface area (Å²) < 4.78 is 0. The van der Waals surface area contributed by atoms with Crippen molar-refractivity contribution < 1.29 is 29.7 Å². The summed E-state index contributed by atoms with van der Waals surface area (Å²) in [6, 6.07) is 40.8. The molecular weight excluding hydrogens is 707 g/mol. The second-order valence-corrected chi connectivity index (χ2v) is 15.1. The summed E-state index contributed by atoms with van der Waals surface area (Å²) in [5.74, 6) is -2.37. The Morgan fingerprint density at radius 3 is 0.772 bits per heavy atom. The fourth-order valence-corrected chi connectivity index (χ4v) is 7.47. The van der Waals surface area contributed by atoms with Crippen LogP contribution in [-0.4, -0.2) is 39.9 Å². The molecule has 57 heavy (non-hydrogen) atoms. The van der Waals surface area contributed by atoms with Gasteiger partial charge >= 0.3 is 17.9 Å². The topological polar surface area (TPSA) is 112 Å². The van der Waals surface area contributed by atoms with Gasteiger partial charge in [0.15, 0.2) is 0 Å². The van der Waals surface area contributed by atoms with E-state index in [0.717, 1.165) is 33.4 Å². The van der Waals surface area contributed by atoms with E-state index in [1.165, 1.54) is 33.1 Å².